The van der Waals surface area contributed by atoms with Crippen LogP contribution in [0.3, 0.4) is 0 Å². The fraction of sp³-hybridized carbons (Fsp3) is 0.824. The molecule has 1 N–H and O–H groups in total. The van der Waals surface area contributed by atoms with Gasteiger partial charge in [-0.2, -0.15) is 4.98 Å². The van der Waals surface area contributed by atoms with E-state index in [4.69, 9.17) is 9.26 Å². The quantitative estimate of drug-likeness (QED) is 0.894. The van der Waals surface area contributed by atoms with Crippen molar-refractivity contribution < 1.29 is 14.1 Å². The van der Waals surface area contributed by atoms with Crippen LogP contribution in [0, 0.1) is 5.92 Å². The lowest BCUT2D eigenvalue weighted by atomic mass is 9.85. The molecule has 7 nitrogen and oxygen atoms in total. The Kier molecular flexibility index (Phi) is 5.38. The number of fused-ring (bicyclic) bond motifs is 1. The summed E-state index contributed by atoms with van der Waals surface area (Å²) in [7, 11) is 0. The zero-order valence-corrected chi connectivity index (χ0v) is 14.8. The highest BCUT2D eigenvalue weighted by molar-refractivity contribution is 5.75. The second-order valence-electron chi connectivity index (χ2n) is 6.91. The minimum absolute atomic E-state index is 0.0190. The summed E-state index contributed by atoms with van der Waals surface area (Å²) in [6.45, 7) is 6.80. The molecule has 1 aromatic rings. The van der Waals surface area contributed by atoms with Gasteiger partial charge in [-0.15, -0.1) is 0 Å². The highest BCUT2D eigenvalue weighted by Gasteiger charge is 2.42. The van der Waals surface area contributed by atoms with Gasteiger partial charge in [-0.25, -0.2) is 4.79 Å². The molecule has 2 heterocycles. The van der Waals surface area contributed by atoms with Gasteiger partial charge in [0.05, 0.1) is 6.54 Å². The molecule has 1 aliphatic carbocycles. The number of aromatic nitrogens is 2. The number of nitrogens with zero attached hydrogens (tertiary/aromatic N) is 3. The zero-order valence-electron chi connectivity index (χ0n) is 14.8. The van der Waals surface area contributed by atoms with Gasteiger partial charge in [-0.1, -0.05) is 18.0 Å². The second-order valence-corrected chi connectivity index (χ2v) is 6.91. The topological polar surface area (TPSA) is 80.5 Å². The Morgan fingerprint density at radius 3 is 3.04 bits per heavy atom. The Hall–Kier alpha value is -1.63. The van der Waals surface area contributed by atoms with Crippen molar-refractivity contribution in [2.45, 2.75) is 77.6 Å². The molecule has 24 heavy (non-hydrogen) atoms. The third-order valence-corrected chi connectivity index (χ3v) is 5.23. The lowest BCUT2D eigenvalue weighted by Crippen LogP contribution is -2.47. The fourth-order valence-corrected chi connectivity index (χ4v) is 4.13. The lowest BCUT2D eigenvalue weighted by Gasteiger charge is -2.33. The Balaban J connectivity index is 1.55. The molecule has 2 amide bonds. The van der Waals surface area contributed by atoms with Crippen molar-refractivity contribution >= 4 is 6.03 Å². The van der Waals surface area contributed by atoms with Gasteiger partial charge in [-0.3, -0.25) is 0 Å². The van der Waals surface area contributed by atoms with E-state index in [0.717, 1.165) is 12.8 Å². The highest BCUT2D eigenvalue weighted by Crippen LogP contribution is 2.39. The van der Waals surface area contributed by atoms with E-state index in [1.807, 2.05) is 18.7 Å². The van der Waals surface area contributed by atoms with Crippen LogP contribution in [0.25, 0.3) is 0 Å². The van der Waals surface area contributed by atoms with Crippen molar-refractivity contribution in [2.75, 3.05) is 6.61 Å². The minimum atomic E-state index is -0.204. The predicted molar refractivity (Wildman–Crippen MR) is 88.2 cm³/mol. The summed E-state index contributed by atoms with van der Waals surface area (Å²) in [5, 5.41) is 6.85. The number of hydrogen-bond acceptors (Lipinski definition) is 5. The van der Waals surface area contributed by atoms with Gasteiger partial charge in [0.2, 0.25) is 5.89 Å². The van der Waals surface area contributed by atoms with Crippen LogP contribution >= 0.6 is 0 Å². The van der Waals surface area contributed by atoms with Crippen LogP contribution < -0.4 is 5.32 Å². The summed E-state index contributed by atoms with van der Waals surface area (Å²) < 4.78 is 10.6. The van der Waals surface area contributed by atoms with Crippen molar-refractivity contribution in [1.29, 1.82) is 0 Å². The number of amides is 2. The third-order valence-electron chi connectivity index (χ3n) is 5.23. The molecule has 3 rings (SSSR count). The van der Waals surface area contributed by atoms with Crippen molar-refractivity contribution in [3.05, 3.63) is 11.7 Å². The van der Waals surface area contributed by atoms with E-state index < -0.39 is 0 Å². The van der Waals surface area contributed by atoms with Gasteiger partial charge < -0.3 is 19.5 Å². The first-order chi connectivity index (χ1) is 11.6. The molecule has 2 aliphatic rings. The van der Waals surface area contributed by atoms with Gasteiger partial charge >= 0.3 is 6.03 Å². The number of hydrogen-bond donors (Lipinski definition) is 1. The van der Waals surface area contributed by atoms with Gasteiger partial charge in [0.1, 0.15) is 6.10 Å². The van der Waals surface area contributed by atoms with Crippen LogP contribution in [0.5, 0.6) is 0 Å². The van der Waals surface area contributed by atoms with E-state index in [2.05, 4.69) is 22.4 Å². The molecule has 1 saturated heterocycles. The summed E-state index contributed by atoms with van der Waals surface area (Å²) in [5.41, 5.74) is 0. The first-order valence-electron chi connectivity index (χ1n) is 9.10. The molecule has 1 aromatic heterocycles. The SMILES string of the molecule is CCO[C@H](C)c1noc(CNC(=O)N2[C@H](C)C[C@@H]3CCCC[C@H]32)n1. The van der Waals surface area contributed by atoms with E-state index in [1.54, 1.807) is 0 Å². The molecular formula is C17H28N4O3. The Morgan fingerprint density at radius 1 is 1.46 bits per heavy atom. The molecule has 1 aliphatic heterocycles. The van der Waals surface area contributed by atoms with Gasteiger partial charge in [0.25, 0.3) is 0 Å². The first kappa shape index (κ1) is 17.2. The molecule has 0 spiro atoms. The van der Waals surface area contributed by atoms with Gasteiger partial charge in [0.15, 0.2) is 5.82 Å². The van der Waals surface area contributed by atoms with E-state index in [-0.39, 0.29) is 18.7 Å². The number of carbonyl (C=O) groups excluding carboxylic acids is 1. The molecule has 0 aromatic carbocycles. The van der Waals surface area contributed by atoms with Crippen LogP contribution in [-0.2, 0) is 11.3 Å². The zero-order chi connectivity index (χ0) is 17.1. The maximum absolute atomic E-state index is 12.6. The highest BCUT2D eigenvalue weighted by atomic mass is 16.5. The van der Waals surface area contributed by atoms with Crippen LogP contribution in [0.2, 0.25) is 0 Å². The summed E-state index contributed by atoms with van der Waals surface area (Å²) in [6, 6.07) is 0.675. The van der Waals surface area contributed by atoms with Crippen molar-refractivity contribution in [1.82, 2.24) is 20.4 Å². The molecule has 4 atom stereocenters. The molecule has 1 saturated carbocycles. The van der Waals surface area contributed by atoms with Crippen molar-refractivity contribution in [2.24, 2.45) is 5.92 Å². The largest absolute Gasteiger partial charge is 0.371 e. The monoisotopic (exact) mass is 336 g/mol. The summed E-state index contributed by atoms with van der Waals surface area (Å²) in [5.74, 6) is 1.60. The number of ether oxygens (including phenoxy) is 1. The van der Waals surface area contributed by atoms with Crippen LogP contribution in [0.4, 0.5) is 4.79 Å². The van der Waals surface area contributed by atoms with Gasteiger partial charge in [0, 0.05) is 18.7 Å². The lowest BCUT2D eigenvalue weighted by molar-refractivity contribution is 0.0683. The first-order valence-corrected chi connectivity index (χ1v) is 9.10. The normalized spacial score (nSPS) is 27.8. The van der Waals surface area contributed by atoms with Crippen LogP contribution in [0.1, 0.15) is 70.7 Å². The standard InChI is InChI=1S/C17H28N4O3/c1-4-23-12(3)16-19-15(24-20-16)10-18-17(22)21-11(2)9-13-7-5-6-8-14(13)21/h11-14H,4-10H2,1-3H3,(H,18,22)/t11-,12-,13+,14-/m1/s1. The smallest absolute Gasteiger partial charge is 0.318 e. The maximum Gasteiger partial charge on any atom is 0.318 e. The predicted octanol–water partition coefficient (Wildman–Crippen LogP) is 3.03. The molecular weight excluding hydrogens is 308 g/mol. The molecule has 0 unspecified atom stereocenters. The minimum Gasteiger partial charge on any atom is -0.371 e. The summed E-state index contributed by atoms with van der Waals surface area (Å²) >= 11 is 0. The molecule has 0 bridgehead atoms. The Bertz CT molecular complexity index is 562. The fourth-order valence-electron chi connectivity index (χ4n) is 4.13. The average molecular weight is 336 g/mol. The van der Waals surface area contributed by atoms with E-state index in [1.165, 1.54) is 19.3 Å². The van der Waals surface area contributed by atoms with Crippen LogP contribution in [-0.4, -0.2) is 39.8 Å². The third kappa shape index (κ3) is 3.55. The molecule has 134 valence electrons. The Labute approximate surface area is 143 Å². The van der Waals surface area contributed by atoms with E-state index in [0.29, 0.717) is 36.3 Å². The maximum atomic E-state index is 12.6. The number of urea groups is 1. The summed E-state index contributed by atoms with van der Waals surface area (Å²) in [6.07, 6.45) is 5.81. The molecule has 2 fully saturated rings. The Morgan fingerprint density at radius 2 is 2.25 bits per heavy atom. The second kappa shape index (κ2) is 7.51. The van der Waals surface area contributed by atoms with Gasteiger partial charge in [-0.05, 0) is 46.0 Å². The molecule has 0 radical (unpaired) electrons. The average Bonchev–Trinajstić information content (AvgIpc) is 3.16. The van der Waals surface area contributed by atoms with Crippen molar-refractivity contribution in [3.8, 4) is 0 Å². The van der Waals surface area contributed by atoms with E-state index >= 15 is 0 Å². The number of carbonyl (C=O) groups is 1. The van der Waals surface area contributed by atoms with E-state index in [9.17, 15) is 4.79 Å². The van der Waals surface area contributed by atoms with Crippen LogP contribution in [0.15, 0.2) is 4.52 Å². The number of likely N-dealkylation sites (tertiary alicyclic amines) is 1. The molecule has 7 heteroatoms. The summed E-state index contributed by atoms with van der Waals surface area (Å²) in [4.78, 5) is 19.0. The van der Waals surface area contributed by atoms with Crippen molar-refractivity contribution in [3.63, 3.8) is 0 Å². The number of nitrogens with one attached hydrogen (secondary N) is 1. The number of rotatable bonds is 5.